The first-order valence-electron chi connectivity index (χ1n) is 10.9. The molecule has 2 aliphatic heterocycles. The smallest absolute Gasteiger partial charge is 0.239 e. The molecule has 2 fully saturated rings. The second kappa shape index (κ2) is 8.19. The lowest BCUT2D eigenvalue weighted by molar-refractivity contribution is -0.138. The van der Waals surface area contributed by atoms with E-state index < -0.39 is 0 Å². The van der Waals surface area contributed by atoms with Crippen molar-refractivity contribution in [3.8, 4) is 0 Å². The molecule has 0 spiro atoms. The lowest BCUT2D eigenvalue weighted by Gasteiger charge is -2.37. The summed E-state index contributed by atoms with van der Waals surface area (Å²) in [6.07, 6.45) is 8.43. The molecule has 0 radical (unpaired) electrons. The second-order valence-corrected chi connectivity index (χ2v) is 8.74. The molecule has 152 valence electrons. The summed E-state index contributed by atoms with van der Waals surface area (Å²) in [5, 5.41) is 0. The van der Waals surface area contributed by atoms with Gasteiger partial charge in [-0.2, -0.15) is 0 Å². The SMILES string of the molecule is CC(C)c1nc2cccnc2n1C1CCN(C(=O)C2CCCCCN2C)CC1. The third-order valence-corrected chi connectivity index (χ3v) is 6.44. The van der Waals surface area contributed by atoms with Gasteiger partial charge in [-0.25, -0.2) is 9.97 Å². The average Bonchev–Trinajstić information content (AvgIpc) is 2.97. The van der Waals surface area contributed by atoms with Gasteiger partial charge in [0.1, 0.15) is 11.3 Å². The maximum atomic E-state index is 13.1. The van der Waals surface area contributed by atoms with Crippen molar-refractivity contribution in [3.05, 3.63) is 24.2 Å². The van der Waals surface area contributed by atoms with Gasteiger partial charge in [-0.1, -0.05) is 26.7 Å². The first-order valence-corrected chi connectivity index (χ1v) is 10.9. The summed E-state index contributed by atoms with van der Waals surface area (Å²) in [6.45, 7) is 7.09. The number of nitrogens with zero attached hydrogens (tertiary/aromatic N) is 5. The number of fused-ring (bicyclic) bond motifs is 1. The van der Waals surface area contributed by atoms with Crippen LogP contribution in [-0.2, 0) is 4.79 Å². The van der Waals surface area contributed by atoms with Crippen molar-refractivity contribution < 1.29 is 4.79 Å². The van der Waals surface area contributed by atoms with Gasteiger partial charge < -0.3 is 9.47 Å². The Labute approximate surface area is 167 Å². The van der Waals surface area contributed by atoms with Crippen LogP contribution in [-0.4, -0.2) is 63.0 Å². The molecule has 6 heteroatoms. The van der Waals surface area contributed by atoms with Gasteiger partial charge >= 0.3 is 0 Å². The first-order chi connectivity index (χ1) is 13.6. The summed E-state index contributed by atoms with van der Waals surface area (Å²) < 4.78 is 2.35. The molecular weight excluding hydrogens is 350 g/mol. The fraction of sp³-hybridized carbons (Fsp3) is 0.682. The predicted molar refractivity (Wildman–Crippen MR) is 111 cm³/mol. The molecule has 1 atom stereocenters. The molecule has 2 aromatic heterocycles. The Morgan fingerprint density at radius 2 is 1.89 bits per heavy atom. The Hall–Kier alpha value is -1.95. The molecule has 4 heterocycles. The molecule has 2 aliphatic rings. The van der Waals surface area contributed by atoms with Crippen molar-refractivity contribution in [1.82, 2.24) is 24.3 Å². The number of carbonyl (C=O) groups excluding carboxylic acids is 1. The Bertz CT molecular complexity index is 821. The van der Waals surface area contributed by atoms with Crippen LogP contribution in [0.5, 0.6) is 0 Å². The van der Waals surface area contributed by atoms with E-state index in [1.54, 1.807) is 0 Å². The molecule has 1 amide bonds. The fourth-order valence-corrected chi connectivity index (χ4v) is 4.83. The van der Waals surface area contributed by atoms with Gasteiger partial charge in [-0.05, 0) is 51.4 Å². The van der Waals surface area contributed by atoms with Crippen LogP contribution in [0.15, 0.2) is 18.3 Å². The minimum Gasteiger partial charge on any atom is -0.341 e. The van der Waals surface area contributed by atoms with Gasteiger partial charge in [-0.3, -0.25) is 9.69 Å². The number of imidazole rings is 1. The standard InChI is InChI=1S/C22H33N5O/c1-16(2)20-24-18-8-7-12-23-21(18)27(20)17-10-14-26(15-11-17)22(28)19-9-5-4-6-13-25(19)3/h7-8,12,16-17,19H,4-6,9-11,13-15H2,1-3H3. The summed E-state index contributed by atoms with van der Waals surface area (Å²) in [6, 6.07) is 4.44. The highest BCUT2D eigenvalue weighted by Crippen LogP contribution is 2.31. The van der Waals surface area contributed by atoms with Crippen molar-refractivity contribution in [2.24, 2.45) is 0 Å². The molecule has 2 aromatic rings. The second-order valence-electron chi connectivity index (χ2n) is 8.74. The van der Waals surface area contributed by atoms with Gasteiger partial charge in [0, 0.05) is 31.2 Å². The van der Waals surface area contributed by atoms with Crippen LogP contribution in [0.3, 0.4) is 0 Å². The van der Waals surface area contributed by atoms with E-state index in [-0.39, 0.29) is 6.04 Å². The lowest BCUT2D eigenvalue weighted by atomic mass is 10.0. The van der Waals surface area contributed by atoms with Crippen molar-refractivity contribution >= 4 is 17.1 Å². The molecule has 2 saturated heterocycles. The Morgan fingerprint density at radius 3 is 2.64 bits per heavy atom. The quantitative estimate of drug-likeness (QED) is 0.813. The van der Waals surface area contributed by atoms with Gasteiger partial charge in [-0.15, -0.1) is 0 Å². The van der Waals surface area contributed by atoms with Crippen LogP contribution >= 0.6 is 0 Å². The first kappa shape index (κ1) is 19.4. The van der Waals surface area contributed by atoms with E-state index in [0.717, 1.165) is 55.9 Å². The Balaban J connectivity index is 1.49. The van der Waals surface area contributed by atoms with Crippen molar-refractivity contribution in [2.75, 3.05) is 26.7 Å². The van der Waals surface area contributed by atoms with Crippen molar-refractivity contribution in [2.45, 2.75) is 70.4 Å². The van der Waals surface area contributed by atoms with Crippen LogP contribution in [0.1, 0.15) is 70.2 Å². The minimum absolute atomic E-state index is 0.0704. The minimum atomic E-state index is 0.0704. The summed E-state index contributed by atoms with van der Waals surface area (Å²) in [7, 11) is 2.11. The molecule has 4 rings (SSSR count). The highest BCUT2D eigenvalue weighted by molar-refractivity contribution is 5.82. The van der Waals surface area contributed by atoms with Gasteiger partial charge in [0.2, 0.25) is 5.91 Å². The van der Waals surface area contributed by atoms with Crippen LogP contribution < -0.4 is 0 Å². The van der Waals surface area contributed by atoms with Gasteiger partial charge in [0.15, 0.2) is 5.65 Å². The number of hydrogen-bond donors (Lipinski definition) is 0. The van der Waals surface area contributed by atoms with Crippen LogP contribution in [0.2, 0.25) is 0 Å². The molecule has 0 aromatic carbocycles. The molecule has 0 aliphatic carbocycles. The summed E-state index contributed by atoms with van der Waals surface area (Å²) in [5.74, 6) is 1.80. The number of likely N-dealkylation sites (tertiary alicyclic amines) is 2. The zero-order valence-electron chi connectivity index (χ0n) is 17.5. The number of piperidine rings is 1. The Kier molecular flexibility index (Phi) is 5.67. The molecular formula is C22H33N5O. The number of hydrogen-bond acceptors (Lipinski definition) is 4. The molecule has 0 N–H and O–H groups in total. The number of rotatable bonds is 3. The average molecular weight is 384 g/mol. The monoisotopic (exact) mass is 383 g/mol. The van der Waals surface area contributed by atoms with E-state index in [1.807, 2.05) is 18.3 Å². The topological polar surface area (TPSA) is 54.3 Å². The molecule has 0 bridgehead atoms. The van der Waals surface area contributed by atoms with Crippen molar-refractivity contribution in [3.63, 3.8) is 0 Å². The van der Waals surface area contributed by atoms with E-state index in [4.69, 9.17) is 4.98 Å². The van der Waals surface area contributed by atoms with E-state index in [1.165, 1.54) is 19.3 Å². The number of aromatic nitrogens is 3. The normalized spacial score (nSPS) is 22.7. The third kappa shape index (κ3) is 3.66. The van der Waals surface area contributed by atoms with E-state index in [2.05, 4.69) is 40.2 Å². The zero-order valence-corrected chi connectivity index (χ0v) is 17.5. The Morgan fingerprint density at radius 1 is 1.11 bits per heavy atom. The number of pyridine rings is 1. The summed E-state index contributed by atoms with van der Waals surface area (Å²) in [5.41, 5.74) is 1.96. The van der Waals surface area contributed by atoms with Crippen molar-refractivity contribution in [1.29, 1.82) is 0 Å². The maximum Gasteiger partial charge on any atom is 0.239 e. The van der Waals surface area contributed by atoms with Crippen LogP contribution in [0.25, 0.3) is 11.2 Å². The lowest BCUT2D eigenvalue weighted by Crippen LogP contribution is -2.49. The molecule has 1 unspecified atom stereocenters. The highest BCUT2D eigenvalue weighted by atomic mass is 16.2. The largest absolute Gasteiger partial charge is 0.341 e. The third-order valence-electron chi connectivity index (χ3n) is 6.44. The number of amides is 1. The number of likely N-dealkylation sites (N-methyl/N-ethyl adjacent to an activating group) is 1. The molecule has 28 heavy (non-hydrogen) atoms. The fourth-order valence-electron chi connectivity index (χ4n) is 4.83. The van der Waals surface area contributed by atoms with Crippen LogP contribution in [0.4, 0.5) is 0 Å². The predicted octanol–water partition coefficient (Wildman–Crippen LogP) is 3.59. The highest BCUT2D eigenvalue weighted by Gasteiger charge is 2.32. The molecule has 0 saturated carbocycles. The van der Waals surface area contributed by atoms with Gasteiger partial charge in [0.25, 0.3) is 0 Å². The van der Waals surface area contributed by atoms with E-state index in [0.29, 0.717) is 17.9 Å². The summed E-state index contributed by atoms with van der Waals surface area (Å²) in [4.78, 5) is 27.0. The van der Waals surface area contributed by atoms with E-state index in [9.17, 15) is 4.79 Å². The maximum absolute atomic E-state index is 13.1. The number of carbonyl (C=O) groups is 1. The molecule has 6 nitrogen and oxygen atoms in total. The van der Waals surface area contributed by atoms with Gasteiger partial charge in [0.05, 0.1) is 6.04 Å². The van der Waals surface area contributed by atoms with Crippen LogP contribution in [0, 0.1) is 0 Å². The van der Waals surface area contributed by atoms with E-state index >= 15 is 0 Å². The summed E-state index contributed by atoms with van der Waals surface area (Å²) >= 11 is 0. The zero-order chi connectivity index (χ0) is 19.7.